The highest BCUT2D eigenvalue weighted by atomic mass is 35.5. The van der Waals surface area contributed by atoms with Crippen LogP contribution in [-0.4, -0.2) is 80.6 Å². The van der Waals surface area contributed by atoms with Gasteiger partial charge in [0.2, 0.25) is 0 Å². The van der Waals surface area contributed by atoms with Crippen molar-refractivity contribution in [1.82, 2.24) is 9.80 Å². The SMILES string of the molecule is COc1cccc(CCc2ccccc2OCC(O)CN2CCN(CCOc3ccccc3)CC2)c1.Cl. The first-order valence-electron chi connectivity index (χ1n) is 12.8. The minimum atomic E-state index is -0.524. The van der Waals surface area contributed by atoms with Crippen molar-refractivity contribution in [3.05, 3.63) is 90.0 Å². The number of halogens is 1. The van der Waals surface area contributed by atoms with Crippen LogP contribution in [0.2, 0.25) is 0 Å². The number of para-hydroxylation sites is 2. The van der Waals surface area contributed by atoms with Crippen molar-refractivity contribution in [2.45, 2.75) is 18.9 Å². The second-order valence-electron chi connectivity index (χ2n) is 9.23. The lowest BCUT2D eigenvalue weighted by molar-refractivity contribution is 0.0434. The Hall–Kier alpha value is -2.77. The molecule has 1 aliphatic rings. The molecule has 0 amide bonds. The van der Waals surface area contributed by atoms with Gasteiger partial charge in [-0.1, -0.05) is 48.5 Å². The topological polar surface area (TPSA) is 54.4 Å². The third-order valence-electron chi connectivity index (χ3n) is 6.57. The number of aliphatic hydroxyl groups is 1. The van der Waals surface area contributed by atoms with Crippen LogP contribution in [-0.2, 0) is 12.8 Å². The van der Waals surface area contributed by atoms with Gasteiger partial charge in [0.1, 0.15) is 36.6 Å². The molecule has 1 aliphatic heterocycles. The molecule has 0 aromatic heterocycles. The Morgan fingerprint density at radius 1 is 0.784 bits per heavy atom. The summed E-state index contributed by atoms with van der Waals surface area (Å²) in [6.45, 7) is 6.39. The molecule has 4 rings (SSSR count). The van der Waals surface area contributed by atoms with E-state index in [0.29, 0.717) is 19.8 Å². The number of ether oxygens (including phenoxy) is 3. The van der Waals surface area contributed by atoms with Crippen LogP contribution in [0, 0.1) is 0 Å². The number of benzene rings is 3. The van der Waals surface area contributed by atoms with Crippen LogP contribution in [0.1, 0.15) is 11.1 Å². The minimum Gasteiger partial charge on any atom is -0.497 e. The molecule has 1 unspecified atom stereocenters. The van der Waals surface area contributed by atoms with Crippen LogP contribution < -0.4 is 14.2 Å². The molecular formula is C30H39ClN2O4. The average Bonchev–Trinajstić information content (AvgIpc) is 2.93. The van der Waals surface area contributed by atoms with Crippen molar-refractivity contribution in [3.8, 4) is 17.2 Å². The number of hydrogen-bond donors (Lipinski definition) is 1. The lowest BCUT2D eigenvalue weighted by atomic mass is 10.0. The molecule has 7 heteroatoms. The molecule has 6 nitrogen and oxygen atoms in total. The second kappa shape index (κ2) is 15.5. The van der Waals surface area contributed by atoms with Crippen LogP contribution in [0.5, 0.6) is 17.2 Å². The zero-order valence-electron chi connectivity index (χ0n) is 21.6. The Morgan fingerprint density at radius 3 is 2.27 bits per heavy atom. The van der Waals surface area contributed by atoms with Gasteiger partial charge in [0.15, 0.2) is 0 Å². The van der Waals surface area contributed by atoms with Gasteiger partial charge in [0, 0.05) is 39.3 Å². The number of aryl methyl sites for hydroxylation is 2. The summed E-state index contributed by atoms with van der Waals surface area (Å²) >= 11 is 0. The smallest absolute Gasteiger partial charge is 0.122 e. The van der Waals surface area contributed by atoms with Crippen molar-refractivity contribution < 1.29 is 19.3 Å². The number of methoxy groups -OCH3 is 1. The molecular weight excluding hydrogens is 488 g/mol. The molecule has 3 aromatic carbocycles. The fourth-order valence-electron chi connectivity index (χ4n) is 4.50. The average molecular weight is 527 g/mol. The molecule has 0 aliphatic carbocycles. The largest absolute Gasteiger partial charge is 0.497 e. The first kappa shape index (κ1) is 28.8. The molecule has 1 N–H and O–H groups in total. The molecule has 1 saturated heterocycles. The van der Waals surface area contributed by atoms with Gasteiger partial charge in [-0.3, -0.25) is 9.80 Å². The van der Waals surface area contributed by atoms with Crippen LogP contribution in [0.3, 0.4) is 0 Å². The summed E-state index contributed by atoms with van der Waals surface area (Å²) in [4.78, 5) is 4.73. The Kier molecular flexibility index (Phi) is 12.0. The number of aliphatic hydroxyl groups excluding tert-OH is 1. The molecule has 0 saturated carbocycles. The molecule has 1 fully saturated rings. The maximum absolute atomic E-state index is 10.6. The van der Waals surface area contributed by atoms with Crippen molar-refractivity contribution >= 4 is 12.4 Å². The van der Waals surface area contributed by atoms with Gasteiger partial charge in [-0.25, -0.2) is 0 Å². The van der Waals surface area contributed by atoms with Crippen LogP contribution in [0.25, 0.3) is 0 Å². The van der Waals surface area contributed by atoms with Gasteiger partial charge in [-0.15, -0.1) is 12.4 Å². The maximum atomic E-state index is 10.6. The lowest BCUT2D eigenvalue weighted by Gasteiger charge is -2.35. The Bertz CT molecular complexity index is 1040. The number of β-amino-alcohol motifs (C(OH)–C–C–N with tert-alkyl or cyclic N) is 1. The van der Waals surface area contributed by atoms with E-state index in [1.165, 1.54) is 5.56 Å². The number of nitrogens with zero attached hydrogens (tertiary/aromatic N) is 2. The highest BCUT2D eigenvalue weighted by Gasteiger charge is 2.19. The van der Waals surface area contributed by atoms with Gasteiger partial charge < -0.3 is 19.3 Å². The van der Waals surface area contributed by atoms with Gasteiger partial charge in [0.05, 0.1) is 7.11 Å². The van der Waals surface area contributed by atoms with E-state index in [0.717, 1.165) is 68.4 Å². The van der Waals surface area contributed by atoms with Crippen molar-refractivity contribution in [1.29, 1.82) is 0 Å². The third-order valence-corrected chi connectivity index (χ3v) is 6.57. The zero-order valence-corrected chi connectivity index (χ0v) is 22.4. The first-order chi connectivity index (χ1) is 17.7. The molecule has 1 heterocycles. The molecule has 0 bridgehead atoms. The molecule has 0 spiro atoms. The van der Waals surface area contributed by atoms with E-state index >= 15 is 0 Å². The van der Waals surface area contributed by atoms with E-state index in [9.17, 15) is 5.11 Å². The summed E-state index contributed by atoms with van der Waals surface area (Å²) in [5.74, 6) is 2.64. The van der Waals surface area contributed by atoms with Gasteiger partial charge >= 0.3 is 0 Å². The summed E-state index contributed by atoms with van der Waals surface area (Å²) in [6, 6.07) is 26.2. The zero-order chi connectivity index (χ0) is 25.0. The Labute approximate surface area is 227 Å². The van der Waals surface area contributed by atoms with Crippen LogP contribution >= 0.6 is 12.4 Å². The van der Waals surface area contributed by atoms with Crippen molar-refractivity contribution in [3.63, 3.8) is 0 Å². The quantitative estimate of drug-likeness (QED) is 0.357. The number of piperazine rings is 1. The van der Waals surface area contributed by atoms with Gasteiger partial charge in [0.25, 0.3) is 0 Å². The molecule has 3 aromatic rings. The molecule has 1 atom stereocenters. The maximum Gasteiger partial charge on any atom is 0.122 e. The third kappa shape index (κ3) is 9.56. The standard InChI is InChI=1S/C30H38N2O4.ClH/c1-34-29-12-7-8-25(22-29)14-15-26-9-5-6-13-30(26)36-24-27(33)23-32-18-16-31(17-19-32)20-21-35-28-10-3-2-4-11-28;/h2-13,22,27,33H,14-21,23-24H2,1H3;1H. The van der Waals surface area contributed by atoms with Crippen molar-refractivity contribution in [2.75, 3.05) is 59.6 Å². The van der Waals surface area contributed by atoms with Gasteiger partial charge in [-0.05, 0) is 54.3 Å². The van der Waals surface area contributed by atoms with E-state index < -0.39 is 6.10 Å². The fraction of sp³-hybridized carbons (Fsp3) is 0.400. The first-order valence-corrected chi connectivity index (χ1v) is 12.8. The van der Waals surface area contributed by atoms with Crippen LogP contribution in [0.15, 0.2) is 78.9 Å². The normalized spacial score (nSPS) is 15.0. The molecule has 0 radical (unpaired) electrons. The van der Waals surface area contributed by atoms with E-state index in [1.807, 2.05) is 60.7 Å². The Balaban J connectivity index is 0.00000380. The van der Waals surface area contributed by atoms with E-state index in [-0.39, 0.29) is 12.4 Å². The summed E-state index contributed by atoms with van der Waals surface area (Å²) < 4.78 is 17.2. The molecule has 200 valence electrons. The fourth-order valence-corrected chi connectivity index (χ4v) is 4.50. The number of rotatable bonds is 13. The summed E-state index contributed by atoms with van der Waals surface area (Å²) in [5, 5.41) is 10.6. The molecule has 37 heavy (non-hydrogen) atoms. The predicted octanol–water partition coefficient (Wildman–Crippen LogP) is 4.34. The Morgan fingerprint density at radius 2 is 1.49 bits per heavy atom. The van der Waals surface area contributed by atoms with Crippen LogP contribution in [0.4, 0.5) is 0 Å². The summed E-state index contributed by atoms with van der Waals surface area (Å²) in [7, 11) is 1.69. The summed E-state index contributed by atoms with van der Waals surface area (Å²) in [5.41, 5.74) is 2.38. The predicted molar refractivity (Wildman–Crippen MR) is 150 cm³/mol. The monoisotopic (exact) mass is 526 g/mol. The highest BCUT2D eigenvalue weighted by molar-refractivity contribution is 5.85. The van der Waals surface area contributed by atoms with E-state index in [2.05, 4.69) is 28.0 Å². The van der Waals surface area contributed by atoms with Gasteiger partial charge in [-0.2, -0.15) is 0 Å². The highest BCUT2D eigenvalue weighted by Crippen LogP contribution is 2.22. The van der Waals surface area contributed by atoms with E-state index in [1.54, 1.807) is 7.11 Å². The minimum absolute atomic E-state index is 0. The number of hydrogen-bond acceptors (Lipinski definition) is 6. The summed E-state index contributed by atoms with van der Waals surface area (Å²) in [6.07, 6.45) is 1.25. The van der Waals surface area contributed by atoms with E-state index in [4.69, 9.17) is 14.2 Å². The van der Waals surface area contributed by atoms with Crippen molar-refractivity contribution in [2.24, 2.45) is 0 Å². The lowest BCUT2D eigenvalue weighted by Crippen LogP contribution is -2.50. The second-order valence-corrected chi connectivity index (χ2v) is 9.23.